The summed E-state index contributed by atoms with van der Waals surface area (Å²) < 4.78 is 4.52. The molecular weight excluding hydrogens is 172 g/mol. The number of ether oxygens (including phenoxy) is 1. The number of carbonyl (C=O) groups excluding carboxylic acids is 1. The van der Waals surface area contributed by atoms with Crippen LogP contribution in [-0.2, 0) is 9.53 Å². The summed E-state index contributed by atoms with van der Waals surface area (Å²) in [6.07, 6.45) is 1.35. The minimum Gasteiger partial charge on any atom is -0.469 e. The molecule has 2 N–H and O–H groups in total. The van der Waals surface area contributed by atoms with E-state index < -0.39 is 24.6 Å². The van der Waals surface area contributed by atoms with Crippen LogP contribution in [0.2, 0.25) is 0 Å². The topological polar surface area (TPSA) is 66.8 Å². The molecule has 78 valence electrons. The molecule has 0 saturated carbocycles. The van der Waals surface area contributed by atoms with E-state index in [1.165, 1.54) is 7.11 Å². The maximum Gasteiger partial charge on any atom is 0.311 e. The van der Waals surface area contributed by atoms with Crippen LogP contribution < -0.4 is 0 Å². The third-order valence-corrected chi connectivity index (χ3v) is 2.02. The number of carbonyl (C=O) groups is 1. The van der Waals surface area contributed by atoms with Crippen LogP contribution in [-0.4, -0.2) is 36.0 Å². The second kappa shape index (κ2) is 6.86. The highest BCUT2D eigenvalue weighted by Crippen LogP contribution is 2.14. The van der Waals surface area contributed by atoms with Crippen LogP contribution in [0.25, 0.3) is 0 Å². The van der Waals surface area contributed by atoms with E-state index in [0.29, 0.717) is 6.42 Å². The Bertz CT molecular complexity index is 147. The van der Waals surface area contributed by atoms with Crippen molar-refractivity contribution in [2.45, 2.75) is 32.3 Å². The van der Waals surface area contributed by atoms with Gasteiger partial charge in [0.15, 0.2) is 0 Å². The molecular formula is C9H18O4. The van der Waals surface area contributed by atoms with Gasteiger partial charge in [-0.2, -0.15) is 0 Å². The highest BCUT2D eigenvalue weighted by atomic mass is 16.5. The molecule has 2 atom stereocenters. The van der Waals surface area contributed by atoms with Gasteiger partial charge in [0, 0.05) is 0 Å². The van der Waals surface area contributed by atoms with E-state index in [1.807, 2.05) is 6.92 Å². The largest absolute Gasteiger partial charge is 0.469 e. The van der Waals surface area contributed by atoms with E-state index >= 15 is 0 Å². The van der Waals surface area contributed by atoms with Crippen LogP contribution >= 0.6 is 0 Å². The lowest BCUT2D eigenvalue weighted by atomic mass is 9.96. The number of rotatable bonds is 6. The molecule has 2 unspecified atom stereocenters. The summed E-state index contributed by atoms with van der Waals surface area (Å²) in [6.45, 7) is 1.60. The van der Waals surface area contributed by atoms with Gasteiger partial charge in [-0.3, -0.25) is 4.79 Å². The maximum absolute atomic E-state index is 11.1. The zero-order chi connectivity index (χ0) is 10.3. The van der Waals surface area contributed by atoms with Gasteiger partial charge in [-0.1, -0.05) is 19.8 Å². The van der Waals surface area contributed by atoms with Gasteiger partial charge in [0.1, 0.15) is 0 Å². The SMILES string of the molecule is CCCCC(C(=O)OC)C(O)CO. The van der Waals surface area contributed by atoms with Gasteiger partial charge < -0.3 is 14.9 Å². The lowest BCUT2D eigenvalue weighted by Crippen LogP contribution is -2.31. The highest BCUT2D eigenvalue weighted by Gasteiger charge is 2.26. The molecule has 0 aromatic heterocycles. The number of unbranched alkanes of at least 4 members (excludes halogenated alkanes) is 1. The third-order valence-electron chi connectivity index (χ3n) is 2.02. The van der Waals surface area contributed by atoms with Crippen molar-refractivity contribution in [3.05, 3.63) is 0 Å². The van der Waals surface area contributed by atoms with E-state index in [-0.39, 0.29) is 0 Å². The van der Waals surface area contributed by atoms with Gasteiger partial charge in [0.05, 0.1) is 25.7 Å². The Balaban J connectivity index is 4.09. The summed E-state index contributed by atoms with van der Waals surface area (Å²) in [4.78, 5) is 11.1. The van der Waals surface area contributed by atoms with Gasteiger partial charge in [-0.15, -0.1) is 0 Å². The smallest absolute Gasteiger partial charge is 0.311 e. The fourth-order valence-electron chi connectivity index (χ4n) is 1.17. The van der Waals surface area contributed by atoms with Gasteiger partial charge >= 0.3 is 5.97 Å². The Morgan fingerprint density at radius 1 is 1.54 bits per heavy atom. The molecule has 0 aromatic carbocycles. The van der Waals surface area contributed by atoms with Crippen LogP contribution in [0.1, 0.15) is 26.2 Å². The molecule has 4 heteroatoms. The molecule has 13 heavy (non-hydrogen) atoms. The second-order valence-corrected chi connectivity index (χ2v) is 3.02. The van der Waals surface area contributed by atoms with E-state index in [9.17, 15) is 9.90 Å². The Kier molecular flexibility index (Phi) is 6.54. The van der Waals surface area contributed by atoms with E-state index in [2.05, 4.69) is 4.74 Å². The summed E-state index contributed by atoms with van der Waals surface area (Å²) >= 11 is 0. The summed E-state index contributed by atoms with van der Waals surface area (Å²) in [5, 5.41) is 18.0. The summed E-state index contributed by atoms with van der Waals surface area (Å²) in [5.74, 6) is -1.04. The van der Waals surface area contributed by atoms with Crippen molar-refractivity contribution in [2.75, 3.05) is 13.7 Å². The van der Waals surface area contributed by atoms with Crippen molar-refractivity contribution < 1.29 is 19.7 Å². The van der Waals surface area contributed by atoms with Gasteiger partial charge in [-0.25, -0.2) is 0 Å². The first-order valence-electron chi connectivity index (χ1n) is 4.54. The first kappa shape index (κ1) is 12.4. The molecule has 0 heterocycles. The van der Waals surface area contributed by atoms with Crippen molar-refractivity contribution in [1.82, 2.24) is 0 Å². The fraction of sp³-hybridized carbons (Fsp3) is 0.889. The molecule has 0 rings (SSSR count). The van der Waals surface area contributed by atoms with Crippen molar-refractivity contribution in [1.29, 1.82) is 0 Å². The summed E-state index contributed by atoms with van der Waals surface area (Å²) in [7, 11) is 1.28. The fourth-order valence-corrected chi connectivity index (χ4v) is 1.17. The predicted molar refractivity (Wildman–Crippen MR) is 48.1 cm³/mol. The molecule has 0 aliphatic heterocycles. The lowest BCUT2D eigenvalue weighted by molar-refractivity contribution is -0.151. The summed E-state index contributed by atoms with van der Waals surface area (Å²) in [6, 6.07) is 0. The Labute approximate surface area is 78.5 Å². The van der Waals surface area contributed by atoms with Crippen LogP contribution in [0.5, 0.6) is 0 Å². The third kappa shape index (κ3) is 4.24. The minimum absolute atomic E-state index is 0.399. The second-order valence-electron chi connectivity index (χ2n) is 3.02. The monoisotopic (exact) mass is 190 g/mol. The number of hydrogen-bond acceptors (Lipinski definition) is 4. The molecule has 0 bridgehead atoms. The maximum atomic E-state index is 11.1. The van der Waals surface area contributed by atoms with E-state index in [4.69, 9.17) is 5.11 Å². The Morgan fingerprint density at radius 2 is 2.15 bits per heavy atom. The average molecular weight is 190 g/mol. The molecule has 0 aliphatic carbocycles. The Morgan fingerprint density at radius 3 is 2.54 bits per heavy atom. The molecule has 0 fully saturated rings. The van der Waals surface area contributed by atoms with Crippen LogP contribution in [0.4, 0.5) is 0 Å². The summed E-state index contributed by atoms with van der Waals surface area (Å²) in [5.41, 5.74) is 0. The van der Waals surface area contributed by atoms with Crippen LogP contribution in [0.3, 0.4) is 0 Å². The standard InChI is InChI=1S/C9H18O4/c1-3-4-5-7(8(11)6-10)9(12)13-2/h7-8,10-11H,3-6H2,1-2H3. The van der Waals surface area contributed by atoms with E-state index in [1.54, 1.807) is 0 Å². The number of aliphatic hydroxyl groups excluding tert-OH is 2. The van der Waals surface area contributed by atoms with Crippen molar-refractivity contribution in [2.24, 2.45) is 5.92 Å². The van der Waals surface area contributed by atoms with Crippen LogP contribution in [0, 0.1) is 5.92 Å². The predicted octanol–water partition coefficient (Wildman–Crippen LogP) is 0.319. The first-order valence-corrected chi connectivity index (χ1v) is 4.54. The number of methoxy groups -OCH3 is 1. The molecule has 0 aromatic rings. The molecule has 0 radical (unpaired) electrons. The first-order chi connectivity index (χ1) is 6.17. The Hall–Kier alpha value is -0.610. The average Bonchev–Trinajstić information content (AvgIpc) is 2.17. The van der Waals surface area contributed by atoms with Gasteiger partial charge in [0.2, 0.25) is 0 Å². The molecule has 0 saturated heterocycles. The van der Waals surface area contributed by atoms with Crippen molar-refractivity contribution >= 4 is 5.97 Å². The molecule has 4 nitrogen and oxygen atoms in total. The number of hydrogen-bond donors (Lipinski definition) is 2. The van der Waals surface area contributed by atoms with Crippen molar-refractivity contribution in [3.63, 3.8) is 0 Å². The molecule has 0 aliphatic rings. The van der Waals surface area contributed by atoms with Gasteiger partial charge in [-0.05, 0) is 6.42 Å². The zero-order valence-corrected chi connectivity index (χ0v) is 8.19. The van der Waals surface area contributed by atoms with Gasteiger partial charge in [0.25, 0.3) is 0 Å². The molecule has 0 spiro atoms. The lowest BCUT2D eigenvalue weighted by Gasteiger charge is -2.18. The van der Waals surface area contributed by atoms with E-state index in [0.717, 1.165) is 12.8 Å². The molecule has 0 amide bonds. The highest BCUT2D eigenvalue weighted by molar-refractivity contribution is 5.72. The normalized spacial score (nSPS) is 15.1. The minimum atomic E-state index is -1.00. The zero-order valence-electron chi connectivity index (χ0n) is 8.19. The van der Waals surface area contributed by atoms with Crippen molar-refractivity contribution in [3.8, 4) is 0 Å². The quantitative estimate of drug-likeness (QED) is 0.592. The van der Waals surface area contributed by atoms with Crippen LogP contribution in [0.15, 0.2) is 0 Å². The number of esters is 1. The number of aliphatic hydroxyl groups is 2.